The van der Waals surface area contributed by atoms with Gasteiger partial charge >= 0.3 is 6.61 Å². The van der Waals surface area contributed by atoms with Gasteiger partial charge in [-0.25, -0.2) is 0 Å². The van der Waals surface area contributed by atoms with Gasteiger partial charge in [-0.05, 0) is 24.1 Å². The molecular formula is C22H25F2N3O5. The molecule has 0 unspecified atom stereocenters. The van der Waals surface area contributed by atoms with E-state index in [9.17, 15) is 23.7 Å². The Bertz CT molecular complexity index is 978. The molecule has 0 radical (unpaired) electrons. The highest BCUT2D eigenvalue weighted by atomic mass is 19.3. The van der Waals surface area contributed by atoms with Crippen LogP contribution in [0.3, 0.4) is 0 Å². The first-order chi connectivity index (χ1) is 15.3. The SMILES string of the molecule is COc1cc(CN2CCN(C(=O)Cc3ccccc3C)CC2)c([N+](=O)[O-])cc1OC(F)F. The van der Waals surface area contributed by atoms with Gasteiger partial charge in [0.15, 0.2) is 11.5 Å². The lowest BCUT2D eigenvalue weighted by atomic mass is 10.1. The fourth-order valence-corrected chi connectivity index (χ4v) is 3.71. The number of alkyl halides is 2. The number of carbonyl (C=O) groups excluding carboxylic acids is 1. The summed E-state index contributed by atoms with van der Waals surface area (Å²) in [4.78, 5) is 27.3. The number of halogens is 2. The lowest BCUT2D eigenvalue weighted by molar-refractivity contribution is -0.385. The summed E-state index contributed by atoms with van der Waals surface area (Å²) < 4.78 is 34.7. The number of hydrogen-bond donors (Lipinski definition) is 0. The summed E-state index contributed by atoms with van der Waals surface area (Å²) in [6, 6.07) is 10.1. The third kappa shape index (κ3) is 5.70. The van der Waals surface area contributed by atoms with E-state index in [1.807, 2.05) is 36.1 Å². The number of nitro groups is 1. The maximum Gasteiger partial charge on any atom is 0.387 e. The monoisotopic (exact) mass is 449 g/mol. The van der Waals surface area contributed by atoms with Crippen LogP contribution in [0.2, 0.25) is 0 Å². The molecule has 1 aliphatic rings. The summed E-state index contributed by atoms with van der Waals surface area (Å²) in [5.41, 5.74) is 2.07. The van der Waals surface area contributed by atoms with Crippen molar-refractivity contribution in [3.8, 4) is 11.5 Å². The van der Waals surface area contributed by atoms with Gasteiger partial charge in [-0.1, -0.05) is 24.3 Å². The average Bonchev–Trinajstić information content (AvgIpc) is 2.76. The number of carbonyl (C=O) groups is 1. The van der Waals surface area contributed by atoms with Crippen molar-refractivity contribution in [3.05, 3.63) is 63.2 Å². The lowest BCUT2D eigenvalue weighted by Crippen LogP contribution is -2.48. The molecule has 32 heavy (non-hydrogen) atoms. The highest BCUT2D eigenvalue weighted by molar-refractivity contribution is 5.79. The Morgan fingerprint density at radius 2 is 1.81 bits per heavy atom. The minimum atomic E-state index is -3.13. The number of nitrogens with zero attached hydrogens (tertiary/aromatic N) is 3. The van der Waals surface area contributed by atoms with Crippen molar-refractivity contribution in [2.45, 2.75) is 26.5 Å². The molecule has 2 aromatic carbocycles. The van der Waals surface area contributed by atoms with Gasteiger partial charge in [-0.2, -0.15) is 8.78 Å². The van der Waals surface area contributed by atoms with Gasteiger partial charge in [0.25, 0.3) is 5.69 Å². The van der Waals surface area contributed by atoms with Crippen LogP contribution in [-0.4, -0.2) is 60.5 Å². The quantitative estimate of drug-likeness (QED) is 0.454. The largest absolute Gasteiger partial charge is 0.493 e. The molecule has 1 heterocycles. The zero-order valence-electron chi connectivity index (χ0n) is 17.9. The Hall–Kier alpha value is -3.27. The lowest BCUT2D eigenvalue weighted by Gasteiger charge is -2.35. The van der Waals surface area contributed by atoms with Crippen molar-refractivity contribution in [3.63, 3.8) is 0 Å². The van der Waals surface area contributed by atoms with Gasteiger partial charge in [-0.3, -0.25) is 19.8 Å². The van der Waals surface area contributed by atoms with E-state index in [0.717, 1.165) is 17.2 Å². The van der Waals surface area contributed by atoms with E-state index in [1.165, 1.54) is 13.2 Å². The van der Waals surface area contributed by atoms with Crippen LogP contribution in [0.15, 0.2) is 36.4 Å². The summed E-state index contributed by atoms with van der Waals surface area (Å²) in [5.74, 6) is -0.345. The van der Waals surface area contributed by atoms with Crippen LogP contribution in [0.1, 0.15) is 16.7 Å². The number of nitro benzene ring substituents is 1. The molecule has 1 saturated heterocycles. The average molecular weight is 449 g/mol. The van der Waals surface area contributed by atoms with Crippen molar-refractivity contribution >= 4 is 11.6 Å². The number of benzene rings is 2. The van der Waals surface area contributed by atoms with E-state index < -0.39 is 11.5 Å². The van der Waals surface area contributed by atoms with E-state index >= 15 is 0 Å². The molecule has 0 saturated carbocycles. The van der Waals surface area contributed by atoms with Crippen LogP contribution in [0.25, 0.3) is 0 Å². The fraction of sp³-hybridized carbons (Fsp3) is 0.409. The molecule has 172 valence electrons. The summed E-state index contributed by atoms with van der Waals surface area (Å²) in [6.45, 7) is 1.15. The molecule has 10 heteroatoms. The number of piperazine rings is 1. The molecule has 0 bridgehead atoms. The first-order valence-corrected chi connectivity index (χ1v) is 10.1. The third-order valence-corrected chi connectivity index (χ3v) is 5.50. The van der Waals surface area contributed by atoms with Crippen LogP contribution in [0, 0.1) is 17.0 Å². The number of rotatable bonds is 8. The Morgan fingerprint density at radius 1 is 1.12 bits per heavy atom. The van der Waals surface area contributed by atoms with Crippen molar-refractivity contribution in [1.29, 1.82) is 0 Å². The van der Waals surface area contributed by atoms with Gasteiger partial charge in [0.05, 0.1) is 24.5 Å². The molecule has 8 nitrogen and oxygen atoms in total. The molecule has 0 N–H and O–H groups in total. The number of aryl methyl sites for hydroxylation is 1. The molecule has 0 spiro atoms. The predicted molar refractivity (Wildman–Crippen MR) is 113 cm³/mol. The molecule has 0 aromatic heterocycles. The van der Waals surface area contributed by atoms with Crippen molar-refractivity contribution in [2.24, 2.45) is 0 Å². The van der Waals surface area contributed by atoms with Crippen LogP contribution < -0.4 is 9.47 Å². The van der Waals surface area contributed by atoms with Gasteiger partial charge in [-0.15, -0.1) is 0 Å². The van der Waals surface area contributed by atoms with Crippen LogP contribution >= 0.6 is 0 Å². The maximum absolute atomic E-state index is 12.7. The highest BCUT2D eigenvalue weighted by Crippen LogP contribution is 2.36. The first kappa shape index (κ1) is 23.4. The summed E-state index contributed by atoms with van der Waals surface area (Å²) in [5, 5.41) is 11.5. The van der Waals surface area contributed by atoms with E-state index in [-0.39, 0.29) is 29.6 Å². The van der Waals surface area contributed by atoms with Gasteiger partial charge in [0.1, 0.15) is 0 Å². The van der Waals surface area contributed by atoms with Crippen LogP contribution in [0.4, 0.5) is 14.5 Å². The van der Waals surface area contributed by atoms with E-state index in [4.69, 9.17) is 4.74 Å². The molecule has 3 rings (SSSR count). The predicted octanol–water partition coefficient (Wildman–Crippen LogP) is 3.40. The summed E-state index contributed by atoms with van der Waals surface area (Å²) in [6.07, 6.45) is 0.334. The van der Waals surface area contributed by atoms with E-state index in [0.29, 0.717) is 38.2 Å². The zero-order chi connectivity index (χ0) is 23.3. The second kappa shape index (κ2) is 10.4. The normalized spacial score (nSPS) is 14.5. The topological polar surface area (TPSA) is 85.2 Å². The Balaban J connectivity index is 1.66. The van der Waals surface area contributed by atoms with E-state index in [1.54, 1.807) is 4.90 Å². The number of amides is 1. The highest BCUT2D eigenvalue weighted by Gasteiger charge is 2.26. The number of hydrogen-bond acceptors (Lipinski definition) is 6. The first-order valence-electron chi connectivity index (χ1n) is 10.1. The smallest absolute Gasteiger partial charge is 0.387 e. The molecule has 2 aromatic rings. The number of ether oxygens (including phenoxy) is 2. The number of methoxy groups -OCH3 is 1. The minimum absolute atomic E-state index is 0.00190. The van der Waals surface area contributed by atoms with Crippen molar-refractivity contribution in [2.75, 3.05) is 33.3 Å². The minimum Gasteiger partial charge on any atom is -0.493 e. The third-order valence-electron chi connectivity index (χ3n) is 5.50. The van der Waals surface area contributed by atoms with Crippen LogP contribution in [-0.2, 0) is 17.8 Å². The van der Waals surface area contributed by atoms with E-state index in [2.05, 4.69) is 4.74 Å². The molecule has 1 aliphatic heterocycles. The zero-order valence-corrected chi connectivity index (χ0v) is 17.9. The van der Waals surface area contributed by atoms with Crippen molar-refractivity contribution < 1.29 is 28.0 Å². The maximum atomic E-state index is 12.7. The Kier molecular flexibility index (Phi) is 7.57. The Labute approximate surface area is 184 Å². The van der Waals surface area contributed by atoms with Gasteiger partial charge < -0.3 is 14.4 Å². The molecular weight excluding hydrogens is 424 g/mol. The Morgan fingerprint density at radius 3 is 2.41 bits per heavy atom. The molecule has 1 fully saturated rings. The fourth-order valence-electron chi connectivity index (χ4n) is 3.71. The standard InChI is InChI=1S/C22H25F2N3O5/c1-15-5-3-4-6-16(15)12-21(28)26-9-7-25(8-10-26)14-17-11-19(31-2)20(32-22(23)24)13-18(17)27(29)30/h3-6,11,13,22H,7-10,12,14H2,1-2H3. The summed E-state index contributed by atoms with van der Waals surface area (Å²) >= 11 is 0. The molecule has 0 aliphatic carbocycles. The van der Waals surface area contributed by atoms with Gasteiger partial charge in [0.2, 0.25) is 5.91 Å². The van der Waals surface area contributed by atoms with Gasteiger partial charge in [0, 0.05) is 38.3 Å². The second-order valence-corrected chi connectivity index (χ2v) is 7.53. The molecule has 1 amide bonds. The second-order valence-electron chi connectivity index (χ2n) is 7.53. The van der Waals surface area contributed by atoms with Crippen molar-refractivity contribution in [1.82, 2.24) is 9.80 Å². The van der Waals surface area contributed by atoms with Crippen LogP contribution in [0.5, 0.6) is 11.5 Å². The summed E-state index contributed by atoms with van der Waals surface area (Å²) in [7, 11) is 1.28. The molecule has 0 atom stereocenters.